The van der Waals surface area contributed by atoms with E-state index >= 15 is 0 Å². The second-order valence-corrected chi connectivity index (χ2v) is 7.27. The molecule has 0 saturated carbocycles. The third-order valence-corrected chi connectivity index (χ3v) is 5.14. The Morgan fingerprint density at radius 2 is 1.83 bits per heavy atom. The van der Waals surface area contributed by atoms with Gasteiger partial charge in [0.05, 0.1) is 11.3 Å². The number of hydrogen-bond acceptors (Lipinski definition) is 5. The molecule has 29 heavy (non-hydrogen) atoms. The monoisotopic (exact) mass is 387 g/mol. The highest BCUT2D eigenvalue weighted by Crippen LogP contribution is 2.16. The summed E-state index contributed by atoms with van der Waals surface area (Å²) in [6.45, 7) is 5.69. The fraction of sp³-hybridized carbons (Fsp3) is 0.261. The van der Waals surface area contributed by atoms with Crippen LogP contribution in [0.2, 0.25) is 0 Å². The highest BCUT2D eigenvalue weighted by atomic mass is 16.2. The number of benzene rings is 1. The Morgan fingerprint density at radius 1 is 1.03 bits per heavy atom. The Bertz CT molecular complexity index is 951. The number of carbonyl (C=O) groups excluding carboxylic acids is 1. The number of hydrogen-bond donors (Lipinski definition) is 1. The van der Waals surface area contributed by atoms with Crippen LogP contribution in [-0.2, 0) is 6.54 Å². The SMILES string of the molecule is Cc1ccc(CNc2cncc(C(=O)N3CCN(c4ccccn4)CC3)c2)cc1. The molecule has 6 heteroatoms. The van der Waals surface area contributed by atoms with Crippen molar-refractivity contribution in [2.45, 2.75) is 13.5 Å². The first-order valence-corrected chi connectivity index (χ1v) is 9.89. The molecule has 0 unspecified atom stereocenters. The van der Waals surface area contributed by atoms with Gasteiger partial charge in [-0.25, -0.2) is 4.98 Å². The molecule has 2 aromatic heterocycles. The van der Waals surface area contributed by atoms with Gasteiger partial charge >= 0.3 is 0 Å². The number of amides is 1. The molecule has 1 aliphatic heterocycles. The van der Waals surface area contributed by atoms with Gasteiger partial charge in [-0.05, 0) is 30.7 Å². The maximum absolute atomic E-state index is 12.9. The lowest BCUT2D eigenvalue weighted by atomic mass is 10.1. The van der Waals surface area contributed by atoms with E-state index < -0.39 is 0 Å². The zero-order valence-electron chi connectivity index (χ0n) is 16.6. The molecule has 0 aliphatic carbocycles. The Labute approximate surface area is 171 Å². The molecule has 0 spiro atoms. The lowest BCUT2D eigenvalue weighted by Gasteiger charge is -2.35. The maximum Gasteiger partial charge on any atom is 0.255 e. The highest BCUT2D eigenvalue weighted by molar-refractivity contribution is 5.94. The Kier molecular flexibility index (Phi) is 5.70. The number of rotatable bonds is 5. The molecule has 6 nitrogen and oxygen atoms in total. The Hall–Kier alpha value is -3.41. The fourth-order valence-electron chi connectivity index (χ4n) is 3.43. The summed E-state index contributed by atoms with van der Waals surface area (Å²) in [7, 11) is 0. The van der Waals surface area contributed by atoms with Crippen molar-refractivity contribution >= 4 is 17.4 Å². The topological polar surface area (TPSA) is 61.4 Å². The third-order valence-electron chi connectivity index (χ3n) is 5.14. The van der Waals surface area contributed by atoms with Crippen LogP contribution in [0, 0.1) is 6.92 Å². The second-order valence-electron chi connectivity index (χ2n) is 7.27. The molecule has 1 fully saturated rings. The second kappa shape index (κ2) is 8.73. The molecule has 0 bridgehead atoms. The smallest absolute Gasteiger partial charge is 0.255 e. The van der Waals surface area contributed by atoms with Gasteiger partial charge in [0.25, 0.3) is 5.91 Å². The molecule has 3 heterocycles. The number of nitrogens with zero attached hydrogens (tertiary/aromatic N) is 4. The van der Waals surface area contributed by atoms with E-state index in [1.165, 1.54) is 11.1 Å². The first-order chi connectivity index (χ1) is 14.2. The van der Waals surface area contributed by atoms with Crippen LogP contribution in [0.5, 0.6) is 0 Å². The summed E-state index contributed by atoms with van der Waals surface area (Å²) in [5, 5.41) is 3.36. The Balaban J connectivity index is 1.35. The van der Waals surface area contributed by atoms with Gasteiger partial charge in [-0.15, -0.1) is 0 Å². The molecule has 1 aliphatic rings. The van der Waals surface area contributed by atoms with Gasteiger partial charge in [0.2, 0.25) is 0 Å². The lowest BCUT2D eigenvalue weighted by Crippen LogP contribution is -2.49. The van der Waals surface area contributed by atoms with Gasteiger partial charge in [-0.2, -0.15) is 0 Å². The van der Waals surface area contributed by atoms with Crippen LogP contribution in [-0.4, -0.2) is 47.0 Å². The van der Waals surface area contributed by atoms with Crippen molar-refractivity contribution in [2.24, 2.45) is 0 Å². The van der Waals surface area contributed by atoms with Gasteiger partial charge in [0.1, 0.15) is 5.82 Å². The average Bonchev–Trinajstić information content (AvgIpc) is 2.79. The first kappa shape index (κ1) is 18.9. The minimum atomic E-state index is 0.0251. The molecule has 0 atom stereocenters. The van der Waals surface area contributed by atoms with E-state index in [-0.39, 0.29) is 5.91 Å². The summed E-state index contributed by atoms with van der Waals surface area (Å²) in [5.41, 5.74) is 3.90. The minimum absolute atomic E-state index is 0.0251. The van der Waals surface area contributed by atoms with E-state index in [1.807, 2.05) is 29.2 Å². The number of nitrogens with one attached hydrogen (secondary N) is 1. The van der Waals surface area contributed by atoms with Crippen molar-refractivity contribution in [1.82, 2.24) is 14.9 Å². The van der Waals surface area contributed by atoms with Crippen molar-refractivity contribution in [3.63, 3.8) is 0 Å². The summed E-state index contributed by atoms with van der Waals surface area (Å²) in [6, 6.07) is 16.2. The van der Waals surface area contributed by atoms with Gasteiger partial charge in [0.15, 0.2) is 0 Å². The zero-order chi connectivity index (χ0) is 20.1. The van der Waals surface area contributed by atoms with Crippen LogP contribution < -0.4 is 10.2 Å². The standard InChI is InChI=1S/C23H25N5O/c1-18-5-7-19(8-6-18)15-26-21-14-20(16-24-17-21)23(29)28-12-10-27(11-13-28)22-4-2-3-9-25-22/h2-9,14,16-17,26H,10-13,15H2,1H3. The van der Waals surface area contributed by atoms with Crippen LogP contribution in [0.25, 0.3) is 0 Å². The molecule has 1 N–H and O–H groups in total. The molecule has 3 aromatic rings. The molecule has 4 rings (SSSR count). The number of piperazine rings is 1. The summed E-state index contributed by atoms with van der Waals surface area (Å²) in [6.07, 6.45) is 5.20. The molecule has 0 radical (unpaired) electrons. The Morgan fingerprint density at radius 3 is 2.55 bits per heavy atom. The molecule has 1 saturated heterocycles. The van der Waals surface area contributed by atoms with Crippen LogP contribution in [0.4, 0.5) is 11.5 Å². The van der Waals surface area contributed by atoms with Crippen LogP contribution in [0.1, 0.15) is 21.5 Å². The van der Waals surface area contributed by atoms with E-state index in [0.717, 1.165) is 24.6 Å². The van der Waals surface area contributed by atoms with E-state index in [9.17, 15) is 4.79 Å². The quantitative estimate of drug-likeness (QED) is 0.727. The minimum Gasteiger partial charge on any atom is -0.380 e. The summed E-state index contributed by atoms with van der Waals surface area (Å²) in [4.78, 5) is 25.7. The predicted molar refractivity (Wildman–Crippen MR) is 115 cm³/mol. The fourth-order valence-corrected chi connectivity index (χ4v) is 3.43. The van der Waals surface area contributed by atoms with Gasteiger partial charge in [-0.3, -0.25) is 9.78 Å². The van der Waals surface area contributed by atoms with E-state index in [2.05, 4.69) is 51.4 Å². The largest absolute Gasteiger partial charge is 0.380 e. The number of anilines is 2. The van der Waals surface area contributed by atoms with E-state index in [1.54, 1.807) is 18.6 Å². The number of pyridine rings is 2. The van der Waals surface area contributed by atoms with Gasteiger partial charge in [-0.1, -0.05) is 35.9 Å². The summed E-state index contributed by atoms with van der Waals surface area (Å²) in [5.74, 6) is 0.987. The van der Waals surface area contributed by atoms with Crippen LogP contribution in [0.15, 0.2) is 67.1 Å². The van der Waals surface area contributed by atoms with Crippen molar-refractivity contribution in [1.29, 1.82) is 0 Å². The number of carbonyl (C=O) groups is 1. The third kappa shape index (κ3) is 4.71. The van der Waals surface area contributed by atoms with Gasteiger partial charge in [0, 0.05) is 51.3 Å². The van der Waals surface area contributed by atoms with Crippen molar-refractivity contribution in [3.8, 4) is 0 Å². The molecule has 1 aromatic carbocycles. The maximum atomic E-state index is 12.9. The van der Waals surface area contributed by atoms with E-state index in [0.29, 0.717) is 25.2 Å². The van der Waals surface area contributed by atoms with Crippen molar-refractivity contribution in [2.75, 3.05) is 36.4 Å². The van der Waals surface area contributed by atoms with Crippen molar-refractivity contribution < 1.29 is 4.79 Å². The summed E-state index contributed by atoms with van der Waals surface area (Å²) >= 11 is 0. The van der Waals surface area contributed by atoms with Crippen molar-refractivity contribution in [3.05, 3.63) is 83.8 Å². The lowest BCUT2D eigenvalue weighted by molar-refractivity contribution is 0.0746. The van der Waals surface area contributed by atoms with Gasteiger partial charge < -0.3 is 15.1 Å². The van der Waals surface area contributed by atoms with E-state index in [4.69, 9.17) is 0 Å². The molecule has 148 valence electrons. The molecular formula is C23H25N5O. The zero-order valence-corrected chi connectivity index (χ0v) is 16.6. The number of aryl methyl sites for hydroxylation is 1. The first-order valence-electron chi connectivity index (χ1n) is 9.89. The highest BCUT2D eigenvalue weighted by Gasteiger charge is 2.23. The number of aromatic nitrogens is 2. The normalized spacial score (nSPS) is 14.0. The molecular weight excluding hydrogens is 362 g/mol. The molecule has 1 amide bonds. The summed E-state index contributed by atoms with van der Waals surface area (Å²) < 4.78 is 0. The predicted octanol–water partition coefficient (Wildman–Crippen LogP) is 3.36. The average molecular weight is 387 g/mol. The van der Waals surface area contributed by atoms with Crippen LogP contribution in [0.3, 0.4) is 0 Å². The van der Waals surface area contributed by atoms with Crippen LogP contribution >= 0.6 is 0 Å².